The number of hydrogen-bond acceptors (Lipinski definition) is 3. The van der Waals surface area contributed by atoms with Gasteiger partial charge >= 0.3 is 12.0 Å². The normalized spacial score (nSPS) is 18.4. The van der Waals surface area contributed by atoms with Crippen molar-refractivity contribution in [1.29, 1.82) is 0 Å². The van der Waals surface area contributed by atoms with Gasteiger partial charge in [-0.25, -0.2) is 9.59 Å². The van der Waals surface area contributed by atoms with Crippen molar-refractivity contribution < 1.29 is 14.3 Å². The van der Waals surface area contributed by atoms with Crippen LogP contribution in [0.25, 0.3) is 0 Å². The molecule has 5 nitrogen and oxygen atoms in total. The highest BCUT2D eigenvalue weighted by Crippen LogP contribution is 2.36. The fraction of sp³-hybridized carbons (Fsp3) is 0.231. The number of hydrogen-bond donors (Lipinski definition) is 2. The molecule has 0 aromatic heterocycles. The van der Waals surface area contributed by atoms with Crippen molar-refractivity contribution in [2.45, 2.75) is 13.0 Å². The van der Waals surface area contributed by atoms with Gasteiger partial charge in [-0.2, -0.15) is 0 Å². The summed E-state index contributed by atoms with van der Waals surface area (Å²) >= 11 is 12.3. The number of halogens is 2. The third-order valence-corrected chi connectivity index (χ3v) is 3.62. The van der Waals surface area contributed by atoms with Crippen molar-refractivity contribution in [2.24, 2.45) is 0 Å². The molecule has 0 radical (unpaired) electrons. The monoisotopic (exact) mass is 314 g/mol. The minimum atomic E-state index is -0.752. The second-order valence-corrected chi connectivity index (χ2v) is 5.01. The minimum absolute atomic E-state index is 0.266. The number of carbonyl (C=O) groups excluding carboxylic acids is 2. The SMILES string of the molecule is COC(=O)C1=C(C)NC(=O)N[C@@H]1c1c(Cl)cccc1Cl. The summed E-state index contributed by atoms with van der Waals surface area (Å²) in [5.41, 5.74) is 1.13. The van der Waals surface area contributed by atoms with Crippen LogP contribution in [-0.2, 0) is 9.53 Å². The first-order valence-electron chi connectivity index (χ1n) is 5.76. The molecule has 106 valence electrons. The van der Waals surface area contributed by atoms with E-state index >= 15 is 0 Å². The van der Waals surface area contributed by atoms with E-state index in [0.717, 1.165) is 0 Å². The van der Waals surface area contributed by atoms with Gasteiger partial charge in [-0.15, -0.1) is 0 Å². The third-order valence-electron chi connectivity index (χ3n) is 2.96. The average molecular weight is 315 g/mol. The lowest BCUT2D eigenvalue weighted by atomic mass is 9.95. The second kappa shape index (κ2) is 5.73. The first kappa shape index (κ1) is 14.7. The number of esters is 1. The summed E-state index contributed by atoms with van der Waals surface area (Å²) in [6.45, 7) is 1.61. The Morgan fingerprint density at radius 1 is 1.30 bits per heavy atom. The van der Waals surface area contributed by atoms with Crippen molar-refractivity contribution >= 4 is 35.2 Å². The second-order valence-electron chi connectivity index (χ2n) is 4.20. The number of carbonyl (C=O) groups is 2. The molecule has 2 rings (SSSR count). The molecule has 0 spiro atoms. The van der Waals surface area contributed by atoms with E-state index in [-0.39, 0.29) is 5.57 Å². The van der Waals surface area contributed by atoms with Gasteiger partial charge in [-0.05, 0) is 19.1 Å². The number of methoxy groups -OCH3 is 1. The van der Waals surface area contributed by atoms with E-state index in [1.54, 1.807) is 25.1 Å². The Hall–Kier alpha value is -1.72. The molecule has 1 heterocycles. The highest BCUT2D eigenvalue weighted by Gasteiger charge is 2.34. The highest BCUT2D eigenvalue weighted by atomic mass is 35.5. The van der Waals surface area contributed by atoms with Crippen LogP contribution in [0.15, 0.2) is 29.5 Å². The van der Waals surface area contributed by atoms with Crippen LogP contribution in [0.5, 0.6) is 0 Å². The molecule has 0 fully saturated rings. The van der Waals surface area contributed by atoms with Crippen molar-refractivity contribution in [3.8, 4) is 0 Å². The van der Waals surface area contributed by atoms with Gasteiger partial charge < -0.3 is 15.4 Å². The van der Waals surface area contributed by atoms with E-state index < -0.39 is 18.0 Å². The van der Waals surface area contributed by atoms with Crippen molar-refractivity contribution in [3.05, 3.63) is 45.1 Å². The fourth-order valence-corrected chi connectivity index (χ4v) is 2.69. The minimum Gasteiger partial charge on any atom is -0.466 e. The largest absolute Gasteiger partial charge is 0.466 e. The van der Waals surface area contributed by atoms with Crippen LogP contribution in [0.4, 0.5) is 4.79 Å². The highest BCUT2D eigenvalue weighted by molar-refractivity contribution is 6.36. The van der Waals surface area contributed by atoms with Gasteiger partial charge in [0.05, 0.1) is 18.7 Å². The number of rotatable bonds is 2. The molecule has 0 unspecified atom stereocenters. The zero-order valence-electron chi connectivity index (χ0n) is 10.8. The van der Waals surface area contributed by atoms with Crippen LogP contribution in [0.2, 0.25) is 10.0 Å². The van der Waals surface area contributed by atoms with Gasteiger partial charge in [-0.1, -0.05) is 29.3 Å². The summed E-state index contributed by atoms with van der Waals surface area (Å²) in [6.07, 6.45) is 0. The van der Waals surface area contributed by atoms with E-state index in [0.29, 0.717) is 21.3 Å². The van der Waals surface area contributed by atoms with Crippen LogP contribution in [0.1, 0.15) is 18.5 Å². The molecular weight excluding hydrogens is 303 g/mol. The molecule has 20 heavy (non-hydrogen) atoms. The number of amides is 2. The quantitative estimate of drug-likeness (QED) is 0.825. The summed E-state index contributed by atoms with van der Waals surface area (Å²) in [6, 6.07) is 3.78. The molecule has 0 saturated carbocycles. The van der Waals surface area contributed by atoms with Gasteiger partial charge in [0.1, 0.15) is 0 Å². The lowest BCUT2D eigenvalue weighted by Crippen LogP contribution is -2.45. The molecule has 1 aromatic carbocycles. The topological polar surface area (TPSA) is 67.4 Å². The van der Waals surface area contributed by atoms with Gasteiger partial charge in [0, 0.05) is 21.3 Å². The lowest BCUT2D eigenvalue weighted by Gasteiger charge is -2.28. The average Bonchev–Trinajstić information content (AvgIpc) is 2.37. The molecule has 0 saturated heterocycles. The molecule has 2 amide bonds. The predicted molar refractivity (Wildman–Crippen MR) is 75.6 cm³/mol. The Kier molecular flexibility index (Phi) is 4.20. The van der Waals surface area contributed by atoms with Crippen LogP contribution in [0, 0.1) is 0 Å². The standard InChI is InChI=1S/C13H12Cl2N2O3/c1-6-9(12(18)20-2)11(17-13(19)16-6)10-7(14)4-3-5-8(10)15/h3-5,11H,1-2H3,(H2,16,17,19)/t11-/m0/s1. The van der Waals surface area contributed by atoms with Crippen LogP contribution >= 0.6 is 23.2 Å². The molecule has 1 aromatic rings. The molecule has 7 heteroatoms. The van der Waals surface area contributed by atoms with E-state index in [1.165, 1.54) is 7.11 Å². The molecule has 1 aliphatic heterocycles. The molecule has 1 atom stereocenters. The van der Waals surface area contributed by atoms with E-state index in [9.17, 15) is 9.59 Å². The van der Waals surface area contributed by atoms with Gasteiger partial charge in [0.25, 0.3) is 0 Å². The maximum atomic E-state index is 11.9. The van der Waals surface area contributed by atoms with Crippen LogP contribution in [0.3, 0.4) is 0 Å². The summed E-state index contributed by atoms with van der Waals surface area (Å²) < 4.78 is 4.75. The Balaban J connectivity index is 2.60. The maximum absolute atomic E-state index is 11.9. The van der Waals surface area contributed by atoms with Gasteiger partial charge in [0.15, 0.2) is 0 Å². The summed E-state index contributed by atoms with van der Waals surface area (Å²) in [7, 11) is 1.27. The number of urea groups is 1. The van der Waals surface area contributed by atoms with Crippen molar-refractivity contribution in [3.63, 3.8) is 0 Å². The van der Waals surface area contributed by atoms with Crippen molar-refractivity contribution in [1.82, 2.24) is 10.6 Å². The smallest absolute Gasteiger partial charge is 0.337 e. The molecule has 1 aliphatic rings. The molecule has 0 aliphatic carbocycles. The Labute approximate surface area is 125 Å². The number of nitrogens with one attached hydrogen (secondary N) is 2. The Morgan fingerprint density at radius 3 is 2.45 bits per heavy atom. The summed E-state index contributed by atoms with van der Waals surface area (Å²) in [5, 5.41) is 5.88. The van der Waals surface area contributed by atoms with E-state index in [1.807, 2.05) is 0 Å². The first-order chi connectivity index (χ1) is 9.45. The molecule has 2 N–H and O–H groups in total. The van der Waals surface area contributed by atoms with E-state index in [4.69, 9.17) is 27.9 Å². The van der Waals surface area contributed by atoms with Crippen molar-refractivity contribution in [2.75, 3.05) is 7.11 Å². The number of allylic oxidation sites excluding steroid dienone is 1. The Bertz CT molecular complexity index is 593. The van der Waals surface area contributed by atoms with Crippen LogP contribution in [-0.4, -0.2) is 19.1 Å². The zero-order valence-corrected chi connectivity index (χ0v) is 12.3. The number of ether oxygens (including phenoxy) is 1. The summed E-state index contributed by atoms with van der Waals surface area (Å²) in [5.74, 6) is -0.559. The van der Waals surface area contributed by atoms with E-state index in [2.05, 4.69) is 10.6 Å². The maximum Gasteiger partial charge on any atom is 0.337 e. The molecular formula is C13H12Cl2N2O3. The third kappa shape index (κ3) is 2.59. The lowest BCUT2D eigenvalue weighted by molar-refractivity contribution is -0.136. The van der Waals surface area contributed by atoms with Crippen LogP contribution < -0.4 is 10.6 Å². The molecule has 0 bridgehead atoms. The summed E-state index contributed by atoms with van der Waals surface area (Å²) in [4.78, 5) is 23.6. The van der Waals surface area contributed by atoms with Gasteiger partial charge in [0.2, 0.25) is 0 Å². The number of benzene rings is 1. The fourth-order valence-electron chi connectivity index (χ4n) is 2.08. The zero-order chi connectivity index (χ0) is 14.9. The van der Waals surface area contributed by atoms with Gasteiger partial charge in [-0.3, -0.25) is 0 Å². The Morgan fingerprint density at radius 2 is 1.90 bits per heavy atom. The first-order valence-corrected chi connectivity index (χ1v) is 6.51. The predicted octanol–water partition coefficient (Wildman–Crippen LogP) is 2.79.